The Morgan fingerprint density at radius 1 is 1.00 bits per heavy atom. The fourth-order valence-electron chi connectivity index (χ4n) is 3.32. The topological polar surface area (TPSA) is 58.1 Å². The van der Waals surface area contributed by atoms with Crippen molar-refractivity contribution in [2.45, 2.75) is 19.1 Å². The van der Waals surface area contributed by atoms with Gasteiger partial charge in [0.1, 0.15) is 5.69 Å². The SMILES string of the molecule is O=C(Nc1ccccc1C(F)(F)F)c1ccnc(N2CCc3ccccc3C2)n1. The summed E-state index contributed by atoms with van der Waals surface area (Å²) in [5.41, 5.74) is 1.22. The summed E-state index contributed by atoms with van der Waals surface area (Å²) in [6, 6.07) is 14.3. The number of halogens is 3. The second-order valence-electron chi connectivity index (χ2n) is 6.68. The Morgan fingerprint density at radius 3 is 2.52 bits per heavy atom. The molecule has 2 aromatic carbocycles. The predicted octanol–water partition coefficient (Wildman–Crippen LogP) is 4.31. The molecular formula is C21H17F3N4O. The fraction of sp³-hybridized carbons (Fsp3) is 0.190. The van der Waals surface area contributed by atoms with E-state index in [0.717, 1.165) is 18.1 Å². The molecule has 4 rings (SSSR count). The van der Waals surface area contributed by atoms with Crippen molar-refractivity contribution in [3.05, 3.63) is 83.2 Å². The van der Waals surface area contributed by atoms with Gasteiger partial charge in [0.2, 0.25) is 5.95 Å². The standard InChI is InChI=1S/C21H17F3N4O/c22-21(23,24)16-7-3-4-8-17(16)26-19(29)18-9-11-25-20(27-18)28-12-10-14-5-1-2-6-15(14)13-28/h1-9,11H,10,12-13H2,(H,26,29). The van der Waals surface area contributed by atoms with Crippen molar-refractivity contribution in [1.29, 1.82) is 0 Å². The molecule has 0 atom stereocenters. The highest BCUT2D eigenvalue weighted by molar-refractivity contribution is 6.03. The number of hydrogen-bond donors (Lipinski definition) is 1. The number of benzene rings is 2. The summed E-state index contributed by atoms with van der Waals surface area (Å²) in [5, 5.41) is 2.31. The third kappa shape index (κ3) is 4.06. The van der Waals surface area contributed by atoms with Gasteiger partial charge in [-0.2, -0.15) is 13.2 Å². The first-order valence-electron chi connectivity index (χ1n) is 9.04. The Kier molecular flexibility index (Phi) is 4.92. The Balaban J connectivity index is 1.55. The van der Waals surface area contributed by atoms with Gasteiger partial charge in [0.05, 0.1) is 11.3 Å². The number of carbonyl (C=O) groups is 1. The second-order valence-corrected chi connectivity index (χ2v) is 6.68. The normalized spacial score (nSPS) is 13.7. The zero-order valence-corrected chi connectivity index (χ0v) is 15.3. The Hall–Kier alpha value is -3.42. The lowest BCUT2D eigenvalue weighted by molar-refractivity contribution is -0.136. The van der Waals surface area contributed by atoms with Crippen LogP contribution in [0.15, 0.2) is 60.8 Å². The lowest BCUT2D eigenvalue weighted by atomic mass is 10.0. The first kappa shape index (κ1) is 18.9. The van der Waals surface area contributed by atoms with Crippen LogP contribution in [0.3, 0.4) is 0 Å². The molecule has 148 valence electrons. The van der Waals surface area contributed by atoms with Crippen LogP contribution in [0.1, 0.15) is 27.2 Å². The lowest BCUT2D eigenvalue weighted by Crippen LogP contribution is -2.32. The maximum Gasteiger partial charge on any atom is 0.418 e. The van der Waals surface area contributed by atoms with E-state index in [9.17, 15) is 18.0 Å². The molecule has 0 saturated heterocycles. The van der Waals surface area contributed by atoms with Crippen LogP contribution < -0.4 is 10.2 Å². The van der Waals surface area contributed by atoms with E-state index < -0.39 is 17.6 Å². The molecule has 0 saturated carbocycles. The number of alkyl halides is 3. The summed E-state index contributed by atoms with van der Waals surface area (Å²) in [7, 11) is 0. The van der Waals surface area contributed by atoms with Crippen molar-refractivity contribution in [2.75, 3.05) is 16.8 Å². The van der Waals surface area contributed by atoms with Gasteiger partial charge in [-0.1, -0.05) is 36.4 Å². The largest absolute Gasteiger partial charge is 0.418 e. The third-order valence-corrected chi connectivity index (χ3v) is 4.77. The van der Waals surface area contributed by atoms with Crippen LogP contribution in [-0.2, 0) is 19.1 Å². The summed E-state index contributed by atoms with van der Waals surface area (Å²) in [5.74, 6) is -0.348. The second kappa shape index (κ2) is 7.54. The van der Waals surface area contributed by atoms with Gasteiger partial charge in [-0.15, -0.1) is 0 Å². The van der Waals surface area contributed by atoms with Gasteiger partial charge in [0.15, 0.2) is 0 Å². The average Bonchev–Trinajstić information content (AvgIpc) is 2.73. The number of para-hydroxylation sites is 1. The number of nitrogens with one attached hydrogen (secondary N) is 1. The van der Waals surface area contributed by atoms with E-state index in [0.29, 0.717) is 19.0 Å². The van der Waals surface area contributed by atoms with E-state index >= 15 is 0 Å². The summed E-state index contributed by atoms with van der Waals surface area (Å²) in [6.07, 6.45) is -2.30. The van der Waals surface area contributed by atoms with Crippen molar-refractivity contribution < 1.29 is 18.0 Å². The highest BCUT2D eigenvalue weighted by Crippen LogP contribution is 2.34. The molecule has 1 aromatic heterocycles. The highest BCUT2D eigenvalue weighted by atomic mass is 19.4. The number of nitrogens with zero attached hydrogens (tertiary/aromatic N) is 3. The molecule has 0 bridgehead atoms. The maximum absolute atomic E-state index is 13.1. The quantitative estimate of drug-likeness (QED) is 0.714. The average molecular weight is 398 g/mol. The van der Waals surface area contributed by atoms with E-state index in [1.54, 1.807) is 0 Å². The fourth-order valence-corrected chi connectivity index (χ4v) is 3.32. The molecule has 5 nitrogen and oxygen atoms in total. The van der Waals surface area contributed by atoms with Crippen LogP contribution in [0.25, 0.3) is 0 Å². The Bertz CT molecular complexity index is 1050. The van der Waals surface area contributed by atoms with Crippen LogP contribution >= 0.6 is 0 Å². The lowest BCUT2D eigenvalue weighted by Gasteiger charge is -2.28. The number of rotatable bonds is 3. The van der Waals surface area contributed by atoms with Gasteiger partial charge in [0, 0.05) is 19.3 Å². The van der Waals surface area contributed by atoms with Gasteiger partial charge < -0.3 is 10.2 Å². The summed E-state index contributed by atoms with van der Waals surface area (Å²) < 4.78 is 39.4. The monoisotopic (exact) mass is 398 g/mol. The van der Waals surface area contributed by atoms with Crippen molar-refractivity contribution in [2.24, 2.45) is 0 Å². The minimum Gasteiger partial charge on any atom is -0.336 e. The van der Waals surface area contributed by atoms with Crippen LogP contribution in [0.2, 0.25) is 0 Å². The van der Waals surface area contributed by atoms with Gasteiger partial charge in [0.25, 0.3) is 5.91 Å². The summed E-state index contributed by atoms with van der Waals surface area (Å²) in [6.45, 7) is 1.30. The van der Waals surface area contributed by atoms with Gasteiger partial charge >= 0.3 is 6.18 Å². The Morgan fingerprint density at radius 2 is 1.72 bits per heavy atom. The number of hydrogen-bond acceptors (Lipinski definition) is 4. The van der Waals surface area contributed by atoms with Crippen molar-refractivity contribution in [1.82, 2.24) is 9.97 Å². The first-order valence-corrected chi connectivity index (χ1v) is 9.04. The molecule has 1 aliphatic heterocycles. The van der Waals surface area contributed by atoms with E-state index in [2.05, 4.69) is 21.4 Å². The molecule has 1 N–H and O–H groups in total. The number of amides is 1. The van der Waals surface area contributed by atoms with Crippen molar-refractivity contribution >= 4 is 17.5 Å². The Labute approximate surface area is 165 Å². The molecular weight excluding hydrogens is 381 g/mol. The molecule has 29 heavy (non-hydrogen) atoms. The zero-order chi connectivity index (χ0) is 20.4. The zero-order valence-electron chi connectivity index (χ0n) is 15.3. The van der Waals surface area contributed by atoms with Crippen LogP contribution in [0, 0.1) is 0 Å². The van der Waals surface area contributed by atoms with Gasteiger partial charge in [-0.3, -0.25) is 4.79 Å². The maximum atomic E-state index is 13.1. The van der Waals surface area contributed by atoms with Gasteiger partial charge in [-0.05, 0) is 35.7 Å². The van der Waals surface area contributed by atoms with Crippen LogP contribution in [0.5, 0.6) is 0 Å². The van der Waals surface area contributed by atoms with E-state index in [4.69, 9.17) is 0 Å². The molecule has 0 unspecified atom stereocenters. The van der Waals surface area contributed by atoms with Crippen LogP contribution in [0.4, 0.5) is 24.8 Å². The molecule has 0 spiro atoms. The van der Waals surface area contributed by atoms with Crippen LogP contribution in [-0.4, -0.2) is 22.4 Å². The molecule has 2 heterocycles. The van der Waals surface area contributed by atoms with Gasteiger partial charge in [-0.25, -0.2) is 9.97 Å². The molecule has 0 aliphatic carbocycles. The third-order valence-electron chi connectivity index (χ3n) is 4.77. The van der Waals surface area contributed by atoms with E-state index in [1.165, 1.54) is 36.0 Å². The summed E-state index contributed by atoms with van der Waals surface area (Å²) >= 11 is 0. The van der Waals surface area contributed by atoms with E-state index in [1.807, 2.05) is 23.1 Å². The molecule has 0 fully saturated rings. The molecule has 1 aliphatic rings. The number of fused-ring (bicyclic) bond motifs is 1. The minimum atomic E-state index is -4.57. The summed E-state index contributed by atoms with van der Waals surface area (Å²) in [4.78, 5) is 23.0. The molecule has 8 heteroatoms. The number of anilines is 2. The number of carbonyl (C=O) groups excluding carboxylic acids is 1. The number of aromatic nitrogens is 2. The van der Waals surface area contributed by atoms with E-state index in [-0.39, 0.29) is 11.4 Å². The highest BCUT2D eigenvalue weighted by Gasteiger charge is 2.33. The molecule has 3 aromatic rings. The van der Waals surface area contributed by atoms with Crippen molar-refractivity contribution in [3.8, 4) is 0 Å². The predicted molar refractivity (Wildman–Crippen MR) is 103 cm³/mol. The minimum absolute atomic E-state index is 0.00540. The molecule has 0 radical (unpaired) electrons. The first-order chi connectivity index (χ1) is 13.9. The smallest absolute Gasteiger partial charge is 0.336 e. The molecule has 1 amide bonds. The van der Waals surface area contributed by atoms with Crippen molar-refractivity contribution in [3.63, 3.8) is 0 Å².